The van der Waals surface area contributed by atoms with E-state index in [-0.39, 0.29) is 71.5 Å². The molecule has 24 nitrogen and oxygen atoms in total. The van der Waals surface area contributed by atoms with Crippen LogP contribution in [0.2, 0.25) is 0 Å². The van der Waals surface area contributed by atoms with Gasteiger partial charge in [-0.15, -0.1) is 20.4 Å². The molecule has 0 radical (unpaired) electrons. The summed E-state index contributed by atoms with van der Waals surface area (Å²) < 4.78 is 9.21. The minimum atomic E-state index is -0.346. The van der Waals surface area contributed by atoms with Gasteiger partial charge in [-0.05, 0) is 207 Å². The van der Waals surface area contributed by atoms with Crippen molar-refractivity contribution >= 4 is 137 Å². The Bertz CT molecular complexity index is 5930. The average molecular weight is 2150 g/mol. The van der Waals surface area contributed by atoms with Crippen molar-refractivity contribution < 1.29 is 19.2 Å². The highest BCUT2D eigenvalue weighted by atomic mass is 127. The van der Waals surface area contributed by atoms with Crippen LogP contribution < -0.4 is 21.3 Å². The third kappa shape index (κ3) is 18.5. The number of anilines is 4. The van der Waals surface area contributed by atoms with E-state index in [9.17, 15) is 19.2 Å². The zero-order valence-corrected chi connectivity index (χ0v) is 81.1. The van der Waals surface area contributed by atoms with E-state index >= 15 is 0 Å². The highest BCUT2D eigenvalue weighted by molar-refractivity contribution is 14.1. The molecule has 17 rings (SSSR count). The number of fused-ring (bicyclic) bond motifs is 8. The summed E-state index contributed by atoms with van der Waals surface area (Å²) in [7, 11) is 0. The van der Waals surface area contributed by atoms with Crippen LogP contribution in [-0.2, 0) is 67.0 Å². The van der Waals surface area contributed by atoms with E-state index in [1.807, 2.05) is 194 Å². The second kappa shape index (κ2) is 35.7. The predicted molar refractivity (Wildman–Crippen MR) is 533 cm³/mol. The van der Waals surface area contributed by atoms with Crippen molar-refractivity contribution in [1.29, 1.82) is 0 Å². The minimum absolute atomic E-state index is 0.0486. The molecule has 0 saturated heterocycles. The third-order valence-corrected chi connectivity index (χ3v) is 27.0. The molecule has 0 atom stereocenters. The molecule has 1 aliphatic rings. The molecule has 0 saturated carbocycles. The van der Waals surface area contributed by atoms with Gasteiger partial charge in [0.15, 0.2) is 0 Å². The van der Waals surface area contributed by atoms with Gasteiger partial charge in [-0.3, -0.25) is 40.4 Å². The first-order valence-corrected chi connectivity index (χ1v) is 46.2. The first kappa shape index (κ1) is 87.8. The van der Waals surface area contributed by atoms with E-state index < -0.39 is 0 Å². The number of halogens is 4. The van der Waals surface area contributed by atoms with Gasteiger partial charge in [-0.1, -0.05) is 201 Å². The van der Waals surface area contributed by atoms with Crippen molar-refractivity contribution in [3.8, 4) is 45.0 Å². The Kier molecular flexibility index (Phi) is 24.5. The number of carbonyl (C=O) groups is 4. The van der Waals surface area contributed by atoms with Gasteiger partial charge < -0.3 is 19.9 Å². The largest absolute Gasteiger partial charge is 0.327 e. The molecule has 8 aromatic carbocycles. The zero-order valence-electron chi connectivity index (χ0n) is 72.4. The summed E-state index contributed by atoms with van der Waals surface area (Å²) >= 11 is 8.85. The van der Waals surface area contributed by atoms with Gasteiger partial charge in [0.25, 0.3) is 23.6 Å². The van der Waals surface area contributed by atoms with Crippen LogP contribution in [0.15, 0.2) is 243 Å². The molecule has 9 heterocycles. The van der Waals surface area contributed by atoms with E-state index in [4.69, 9.17) is 0 Å². The van der Waals surface area contributed by atoms with E-state index in [0.717, 1.165) is 22.3 Å². The maximum atomic E-state index is 14.9. The number of hydrogen-bond donors (Lipinski definition) is 8. The lowest BCUT2D eigenvalue weighted by Gasteiger charge is -2.18. The van der Waals surface area contributed by atoms with Crippen LogP contribution in [0.25, 0.3) is 45.0 Å². The molecule has 0 aliphatic carbocycles. The third-order valence-electron chi connectivity index (χ3n) is 22.8. The summed E-state index contributed by atoms with van der Waals surface area (Å²) in [5, 5.41) is 49.6. The molecule has 0 unspecified atom stereocenters. The quantitative estimate of drug-likeness (QED) is 0.0261. The maximum absolute atomic E-state index is 14.9. The van der Waals surface area contributed by atoms with Gasteiger partial charge in [0.2, 0.25) is 0 Å². The van der Waals surface area contributed by atoms with Crippen molar-refractivity contribution in [2.75, 3.05) is 21.3 Å². The van der Waals surface area contributed by atoms with Crippen molar-refractivity contribution in [1.82, 2.24) is 79.9 Å². The van der Waals surface area contributed by atoms with Gasteiger partial charge >= 0.3 is 0 Å². The van der Waals surface area contributed by atoms with Gasteiger partial charge in [0.1, 0.15) is 178 Å². The highest BCUT2D eigenvalue weighted by Gasteiger charge is 2.42. The lowest BCUT2D eigenvalue weighted by Crippen LogP contribution is -2.22. The summed E-state index contributed by atoms with van der Waals surface area (Å²) in [6.45, 7) is 25.5. The van der Waals surface area contributed by atoms with Gasteiger partial charge in [0, 0.05) is 46.5 Å². The van der Waals surface area contributed by atoms with Crippen molar-refractivity contribution in [2.24, 2.45) is 0 Å². The molecule has 128 heavy (non-hydrogen) atoms. The molecule has 0 fully saturated rings. The number of aromatic nitrogens is 16. The van der Waals surface area contributed by atoms with Crippen LogP contribution in [0.5, 0.6) is 0 Å². The smallest absolute Gasteiger partial charge is 0.253 e. The van der Waals surface area contributed by atoms with Crippen LogP contribution >= 0.6 is 90.4 Å². The molecule has 8 N–H and O–H groups in total. The lowest BCUT2D eigenvalue weighted by atomic mass is 9.86. The highest BCUT2D eigenvalue weighted by Crippen LogP contribution is 2.46. The van der Waals surface area contributed by atoms with E-state index in [0.29, 0.717) is 152 Å². The van der Waals surface area contributed by atoms with E-state index in [1.165, 1.54) is 22.3 Å². The number of nitrogens with zero attached hydrogens (tertiary/aromatic N) is 12. The Balaban J connectivity index is 0.780. The number of amides is 4. The zero-order chi connectivity index (χ0) is 89.8. The Morgan fingerprint density at radius 2 is 0.438 bits per heavy atom. The number of para-hydroxylation sites is 4. The van der Waals surface area contributed by atoms with E-state index in [1.54, 1.807) is 18.7 Å². The summed E-state index contributed by atoms with van der Waals surface area (Å²) in [6.07, 6.45) is 0. The van der Waals surface area contributed by atoms with Crippen molar-refractivity contribution in [2.45, 2.75) is 131 Å². The molecular formula is C100H92I4N20O4+4. The van der Waals surface area contributed by atoms with Crippen molar-refractivity contribution in [3.05, 3.63) is 371 Å². The van der Waals surface area contributed by atoms with Crippen LogP contribution in [0.1, 0.15) is 173 Å². The van der Waals surface area contributed by atoms with Crippen molar-refractivity contribution in [3.63, 3.8) is 0 Å². The number of nitrogens with one attached hydrogen (secondary N) is 8. The molecule has 4 amide bonds. The molecule has 16 aromatic rings. The topological polar surface area (TPSA) is 302 Å². The second-order valence-electron chi connectivity index (χ2n) is 35.9. The van der Waals surface area contributed by atoms with Crippen LogP contribution in [0.4, 0.5) is 22.7 Å². The molecule has 0 spiro atoms. The SMILES string of the molecule is CC(C)(C)c1ccc(-c2nnn(CC(=O)Nc3ccccc3[C+]3c4ccc([nH]4)[C+](c4ccccc4NC(=O)Cn4nnc(-c5ccc(C(C)(C)C)cc5)c4I)c4ccc([nH]4)[C+](c4ccccc4NC(=O)Cn4nnc(-c5ccc(C(C)(C)C)cc5)c4I)c4ccc([nH]4)[C+](c4ccccc4NC(=O)Cn4nnc(-c5ccc(C(C)(C)C)cc5)c4I)c4ccc3[nH]4)c2I)cc1. The predicted octanol–water partition coefficient (Wildman–Crippen LogP) is 20.6. The Morgan fingerprint density at radius 3 is 0.609 bits per heavy atom. The Hall–Kier alpha value is -12.3. The molecule has 640 valence electrons. The van der Waals surface area contributed by atoms with Gasteiger partial charge in [-0.25, -0.2) is 18.7 Å². The number of hydrogen-bond acceptors (Lipinski definition) is 12. The van der Waals surface area contributed by atoms with E-state index in [2.05, 4.69) is 304 Å². The molecule has 8 bridgehead atoms. The van der Waals surface area contributed by atoms with Gasteiger partial charge in [0.05, 0.1) is 48.5 Å². The normalized spacial score (nSPS) is 12.6. The van der Waals surface area contributed by atoms with Crippen LogP contribution in [0, 0.1) is 38.5 Å². The number of carbonyl (C=O) groups excluding carboxylic acids is 4. The number of aromatic amines is 4. The molecule has 28 heteroatoms. The Morgan fingerprint density at radius 1 is 0.266 bits per heavy atom. The first-order valence-electron chi connectivity index (χ1n) is 41.9. The second-order valence-corrected chi connectivity index (χ2v) is 40.0. The van der Waals surface area contributed by atoms with Crippen LogP contribution in [-0.4, -0.2) is 104 Å². The Labute approximate surface area is 796 Å². The molecular weight excluding hydrogens is 2050 g/mol. The van der Waals surface area contributed by atoms with Gasteiger partial charge in [-0.2, -0.15) is 0 Å². The monoisotopic (exact) mass is 2140 g/mol. The summed E-state index contributed by atoms with van der Waals surface area (Å²) in [5.74, 6) is 1.29. The number of rotatable bonds is 20. The lowest BCUT2D eigenvalue weighted by molar-refractivity contribution is -0.117. The standard InChI is InChI=1S/C100H88I4N20O4/c1-97(2,3)61-37-29-57(30-38-61)89-93(101)121(117-113-89)53-81(125)109-69-25-17-13-21-65(69)85-73-45-47-75(105-73)86(66-22-14-18-26-70(66)110-82(126)54-122-94(102)90(114-118-122)58-31-39-62(40-32-58)98(4,5)6)77-49-51-79(107-77)88(68-24-16-20-28-72(68)112-84(128)56-124-96(104)92(116-120-124)60-35-43-64(44-36-60)100(10,11)12)80-52-50-78(108-80)87(76-48-46-74(85)106-76)67-23-15-19-27-71(67)111-83(127)55-123-95(103)91(115-119-123)59-33-41-63(42-34-59)99(7,8)9/h13-52,105-108H,53-56H2,1-12H3/p+4. The van der Waals surface area contributed by atoms with Crippen LogP contribution in [0.3, 0.4) is 0 Å². The fourth-order valence-corrected chi connectivity index (χ4v) is 18.6. The number of H-pyrrole nitrogens is 4. The fraction of sp³-hybridized carbons (Fsp3) is 0.200. The number of benzene rings is 8. The molecule has 1 aliphatic heterocycles. The first-order chi connectivity index (χ1) is 61.2. The fourth-order valence-electron chi connectivity index (χ4n) is 15.9. The summed E-state index contributed by atoms with van der Waals surface area (Å²) in [4.78, 5) is 75.3. The molecule has 8 aromatic heterocycles. The maximum Gasteiger partial charge on any atom is 0.253 e. The minimum Gasteiger partial charge on any atom is -0.327 e. The summed E-state index contributed by atoms with van der Waals surface area (Å²) in [5.41, 5.74) is 20.4. The summed E-state index contributed by atoms with van der Waals surface area (Å²) in [6, 6.07) is 80.0. The average Bonchev–Trinajstić information content (AvgIpc) is 1.56.